The minimum atomic E-state index is 1.20. The number of benzene rings is 1. The van der Waals surface area contributed by atoms with Gasteiger partial charge in [-0.1, -0.05) is 48.1 Å². The van der Waals surface area contributed by atoms with E-state index in [2.05, 4.69) is 37.3 Å². The molecule has 1 aromatic carbocycles. The van der Waals surface area contributed by atoms with Crippen LogP contribution in [0.3, 0.4) is 0 Å². The van der Waals surface area contributed by atoms with Crippen molar-refractivity contribution in [1.82, 2.24) is 0 Å². The third-order valence-electron chi connectivity index (χ3n) is 2.51. The van der Waals surface area contributed by atoms with Gasteiger partial charge in [0.25, 0.3) is 0 Å². The Bertz CT molecular complexity index is 352. The highest BCUT2D eigenvalue weighted by molar-refractivity contribution is 5.56. The van der Waals surface area contributed by atoms with Gasteiger partial charge in [0.2, 0.25) is 0 Å². The first kappa shape index (κ1) is 11.8. The van der Waals surface area contributed by atoms with E-state index in [1.54, 1.807) is 0 Å². The molecule has 1 aliphatic carbocycles. The Morgan fingerprint density at radius 3 is 2.53 bits per heavy atom. The fourth-order valence-corrected chi connectivity index (χ4v) is 1.56. The van der Waals surface area contributed by atoms with Crippen molar-refractivity contribution in [3.05, 3.63) is 53.1 Å². The van der Waals surface area contributed by atoms with E-state index in [0.717, 1.165) is 0 Å². The van der Waals surface area contributed by atoms with Crippen LogP contribution in [-0.4, -0.2) is 0 Å². The summed E-state index contributed by atoms with van der Waals surface area (Å²) in [6.07, 6.45) is 10.9. The molecule has 0 radical (unpaired) electrons. The fraction of sp³-hybridized carbons (Fsp3) is 0.333. The molecule has 15 heavy (non-hydrogen) atoms. The molecule has 0 amide bonds. The van der Waals surface area contributed by atoms with Gasteiger partial charge >= 0.3 is 0 Å². The zero-order valence-electron chi connectivity index (χ0n) is 9.96. The highest BCUT2D eigenvalue weighted by atomic mass is 14.1. The third kappa shape index (κ3) is 3.75. The second kappa shape index (κ2) is 6.23. The molecule has 0 nitrogen and oxygen atoms in total. The van der Waals surface area contributed by atoms with Crippen molar-refractivity contribution >= 4 is 6.08 Å². The van der Waals surface area contributed by atoms with Gasteiger partial charge in [-0.2, -0.15) is 0 Å². The van der Waals surface area contributed by atoms with Crippen molar-refractivity contribution < 1.29 is 0 Å². The molecule has 0 N–H and O–H groups in total. The lowest BCUT2D eigenvalue weighted by molar-refractivity contribution is 0.982. The highest BCUT2D eigenvalue weighted by Gasteiger charge is 2.02. The van der Waals surface area contributed by atoms with Gasteiger partial charge in [-0.25, -0.2) is 0 Å². The first-order valence-electron chi connectivity index (χ1n) is 5.61. The van der Waals surface area contributed by atoms with E-state index in [1.165, 1.54) is 29.5 Å². The minimum absolute atomic E-state index is 1.20. The maximum atomic E-state index is 2.29. The topological polar surface area (TPSA) is 0 Å². The summed E-state index contributed by atoms with van der Waals surface area (Å²) in [6.45, 7) is 6.15. The van der Waals surface area contributed by atoms with Crippen molar-refractivity contribution in [1.29, 1.82) is 0 Å². The van der Waals surface area contributed by atoms with Crippen LogP contribution in [0.1, 0.15) is 37.0 Å². The molecular weight excluding hydrogens is 180 g/mol. The molecule has 0 aliphatic heterocycles. The smallest absolute Gasteiger partial charge is 0.0227 e. The Morgan fingerprint density at radius 1 is 1.13 bits per heavy atom. The van der Waals surface area contributed by atoms with E-state index in [9.17, 15) is 0 Å². The van der Waals surface area contributed by atoms with Gasteiger partial charge in [0.15, 0.2) is 0 Å². The Balaban J connectivity index is 0.000000245. The molecule has 2 rings (SSSR count). The predicted molar refractivity (Wildman–Crippen MR) is 69.0 cm³/mol. The number of allylic oxidation sites excluding steroid dienone is 3. The number of hydrogen-bond donors (Lipinski definition) is 0. The second-order valence-electron chi connectivity index (χ2n) is 3.81. The average molecular weight is 200 g/mol. The van der Waals surface area contributed by atoms with Gasteiger partial charge in [-0.15, -0.1) is 0 Å². The summed E-state index contributed by atoms with van der Waals surface area (Å²) in [5.41, 5.74) is 4.29. The maximum absolute atomic E-state index is 2.29. The van der Waals surface area contributed by atoms with Crippen molar-refractivity contribution in [2.24, 2.45) is 0 Å². The van der Waals surface area contributed by atoms with Gasteiger partial charge in [0, 0.05) is 0 Å². The molecular formula is C15H20. The first-order valence-corrected chi connectivity index (χ1v) is 5.61. The molecule has 0 saturated heterocycles. The Kier molecular flexibility index (Phi) is 4.89. The Morgan fingerprint density at radius 2 is 1.87 bits per heavy atom. The van der Waals surface area contributed by atoms with E-state index in [-0.39, 0.29) is 0 Å². The van der Waals surface area contributed by atoms with Gasteiger partial charge in [-0.3, -0.25) is 0 Å². The number of aryl methyl sites for hydroxylation is 2. The first-order chi connectivity index (χ1) is 7.27. The summed E-state index contributed by atoms with van der Waals surface area (Å²) in [5.74, 6) is 0. The third-order valence-corrected chi connectivity index (χ3v) is 2.51. The van der Waals surface area contributed by atoms with E-state index in [1.807, 2.05) is 26.0 Å². The van der Waals surface area contributed by atoms with Gasteiger partial charge in [-0.05, 0) is 44.7 Å². The number of fused-ring (bicyclic) bond motifs is 1. The second-order valence-corrected chi connectivity index (χ2v) is 3.81. The Hall–Kier alpha value is -1.30. The van der Waals surface area contributed by atoms with Crippen LogP contribution >= 0.6 is 0 Å². The van der Waals surface area contributed by atoms with Gasteiger partial charge in [0.05, 0.1) is 0 Å². The van der Waals surface area contributed by atoms with Crippen molar-refractivity contribution in [3.63, 3.8) is 0 Å². The normalized spacial score (nSPS) is 13.3. The van der Waals surface area contributed by atoms with Crippen LogP contribution in [0.15, 0.2) is 36.4 Å². The summed E-state index contributed by atoms with van der Waals surface area (Å²) in [6, 6.07) is 6.67. The zero-order valence-corrected chi connectivity index (χ0v) is 9.96. The maximum Gasteiger partial charge on any atom is -0.0227 e. The Labute approximate surface area is 93.3 Å². The molecule has 1 aromatic rings. The summed E-state index contributed by atoms with van der Waals surface area (Å²) in [4.78, 5) is 0. The number of rotatable bonds is 0. The van der Waals surface area contributed by atoms with Crippen LogP contribution in [0.25, 0.3) is 6.08 Å². The predicted octanol–water partition coefficient (Wildman–Crippen LogP) is 4.54. The van der Waals surface area contributed by atoms with Crippen molar-refractivity contribution in [2.75, 3.05) is 0 Å². The molecule has 0 bridgehead atoms. The van der Waals surface area contributed by atoms with Gasteiger partial charge < -0.3 is 0 Å². The average Bonchev–Trinajstić information content (AvgIpc) is 2.29. The molecule has 80 valence electrons. The highest BCUT2D eigenvalue weighted by Crippen LogP contribution is 2.19. The molecule has 1 aliphatic rings. The summed E-state index contributed by atoms with van der Waals surface area (Å²) < 4.78 is 0. The van der Waals surface area contributed by atoms with Crippen LogP contribution in [0.4, 0.5) is 0 Å². The largest absolute Gasteiger partial charge is 0.0919 e. The van der Waals surface area contributed by atoms with Crippen molar-refractivity contribution in [2.45, 2.75) is 33.6 Å². The zero-order chi connectivity index (χ0) is 11.1. The molecule has 0 spiro atoms. The molecule has 0 heterocycles. The van der Waals surface area contributed by atoms with Crippen LogP contribution in [0.2, 0.25) is 0 Å². The SMILES string of the molecule is C/C=C\C.Cc1ccc2c(c1)CCC=C2. The van der Waals surface area contributed by atoms with Crippen molar-refractivity contribution in [3.8, 4) is 0 Å². The van der Waals surface area contributed by atoms with Crippen LogP contribution in [0, 0.1) is 6.92 Å². The monoisotopic (exact) mass is 200 g/mol. The van der Waals surface area contributed by atoms with Crippen LogP contribution in [0.5, 0.6) is 0 Å². The molecule has 0 heteroatoms. The van der Waals surface area contributed by atoms with Crippen LogP contribution in [-0.2, 0) is 6.42 Å². The van der Waals surface area contributed by atoms with E-state index < -0.39 is 0 Å². The summed E-state index contributed by atoms with van der Waals surface area (Å²) in [5, 5.41) is 0. The quantitative estimate of drug-likeness (QED) is 0.539. The van der Waals surface area contributed by atoms with E-state index in [0.29, 0.717) is 0 Å². The summed E-state index contributed by atoms with van der Waals surface area (Å²) >= 11 is 0. The fourth-order valence-electron chi connectivity index (χ4n) is 1.56. The lowest BCUT2D eigenvalue weighted by Crippen LogP contribution is -1.93. The van der Waals surface area contributed by atoms with Gasteiger partial charge in [0.1, 0.15) is 0 Å². The van der Waals surface area contributed by atoms with E-state index >= 15 is 0 Å². The summed E-state index contributed by atoms with van der Waals surface area (Å²) in [7, 11) is 0. The lowest BCUT2D eigenvalue weighted by Gasteiger charge is -2.09. The van der Waals surface area contributed by atoms with E-state index in [4.69, 9.17) is 0 Å². The molecule has 0 atom stereocenters. The number of hydrogen-bond acceptors (Lipinski definition) is 0. The molecule has 0 unspecified atom stereocenters. The molecule has 0 saturated carbocycles. The lowest BCUT2D eigenvalue weighted by atomic mass is 9.96. The standard InChI is InChI=1S/C11H12.C4H8/c1-9-6-7-10-4-2-3-5-11(10)8-9;1-3-4-2/h2,4,6-8H,3,5H2,1H3;3-4H,1-2H3/b;4-3-. The molecule has 0 aromatic heterocycles. The molecule has 0 fully saturated rings. The van der Waals surface area contributed by atoms with Crippen LogP contribution < -0.4 is 0 Å². The minimum Gasteiger partial charge on any atom is -0.0919 e.